The summed E-state index contributed by atoms with van der Waals surface area (Å²) in [5.74, 6) is 0.0294. The van der Waals surface area contributed by atoms with Crippen molar-refractivity contribution in [1.29, 1.82) is 0 Å². The van der Waals surface area contributed by atoms with Gasteiger partial charge in [-0.05, 0) is 48.8 Å². The molecule has 0 saturated carbocycles. The molecular formula is C19H20N2O2S. The number of thiophene rings is 1. The van der Waals surface area contributed by atoms with Gasteiger partial charge < -0.3 is 10.6 Å². The fourth-order valence-corrected chi connectivity index (χ4v) is 4.67. The molecule has 2 bridgehead atoms. The van der Waals surface area contributed by atoms with Crippen LogP contribution in [-0.4, -0.2) is 29.8 Å². The molecule has 3 heterocycles. The van der Waals surface area contributed by atoms with Crippen molar-refractivity contribution in [3.05, 3.63) is 46.2 Å². The molecule has 2 aromatic rings. The van der Waals surface area contributed by atoms with Gasteiger partial charge in [0, 0.05) is 23.7 Å². The minimum absolute atomic E-state index is 0.00842. The number of carbonyl (C=O) groups is 2. The molecule has 2 aliphatic rings. The number of fused-ring (bicyclic) bond motifs is 2. The van der Waals surface area contributed by atoms with Gasteiger partial charge in [0.15, 0.2) is 5.78 Å². The summed E-state index contributed by atoms with van der Waals surface area (Å²) < 4.78 is 0. The topological polar surface area (TPSA) is 58.2 Å². The van der Waals surface area contributed by atoms with Crippen LogP contribution in [0.1, 0.15) is 46.2 Å². The van der Waals surface area contributed by atoms with Gasteiger partial charge in [0.2, 0.25) is 0 Å². The van der Waals surface area contributed by atoms with Gasteiger partial charge in [-0.15, -0.1) is 11.3 Å². The highest BCUT2D eigenvalue weighted by Crippen LogP contribution is 2.31. The minimum Gasteiger partial charge on any atom is -0.347 e. The Morgan fingerprint density at radius 2 is 2.08 bits per heavy atom. The maximum absolute atomic E-state index is 12.5. The van der Waals surface area contributed by atoms with E-state index in [0.29, 0.717) is 22.5 Å². The van der Waals surface area contributed by atoms with E-state index in [1.165, 1.54) is 17.8 Å². The molecule has 4 nitrogen and oxygen atoms in total. The predicted molar refractivity (Wildman–Crippen MR) is 95.6 cm³/mol. The Hall–Kier alpha value is -1.98. The SMILES string of the molecule is CC(=O)c1ccccc1-c1csc(C(=O)NC2CC3CCC2N3)c1. The molecule has 5 heteroatoms. The molecular weight excluding hydrogens is 320 g/mol. The maximum atomic E-state index is 12.5. The van der Waals surface area contributed by atoms with Crippen molar-refractivity contribution in [2.75, 3.05) is 0 Å². The molecule has 2 N–H and O–H groups in total. The fraction of sp³-hybridized carbons (Fsp3) is 0.368. The van der Waals surface area contributed by atoms with Crippen LogP contribution in [0.4, 0.5) is 0 Å². The van der Waals surface area contributed by atoms with E-state index in [-0.39, 0.29) is 17.7 Å². The summed E-state index contributed by atoms with van der Waals surface area (Å²) in [6.07, 6.45) is 3.40. The third kappa shape index (κ3) is 2.78. The molecule has 3 atom stereocenters. The second kappa shape index (κ2) is 6.15. The van der Waals surface area contributed by atoms with E-state index in [0.717, 1.165) is 24.0 Å². The van der Waals surface area contributed by atoms with Gasteiger partial charge in [-0.2, -0.15) is 0 Å². The van der Waals surface area contributed by atoms with Crippen LogP contribution in [0.3, 0.4) is 0 Å². The van der Waals surface area contributed by atoms with E-state index in [4.69, 9.17) is 0 Å². The first kappa shape index (κ1) is 15.5. The van der Waals surface area contributed by atoms with E-state index in [1.807, 2.05) is 35.7 Å². The molecule has 2 fully saturated rings. The van der Waals surface area contributed by atoms with Gasteiger partial charge in [-0.3, -0.25) is 9.59 Å². The number of rotatable bonds is 4. The summed E-state index contributed by atoms with van der Waals surface area (Å²) in [6, 6.07) is 10.7. The number of Topliss-reactive ketones (excluding diaryl/α,β-unsaturated/α-hetero) is 1. The van der Waals surface area contributed by atoms with Gasteiger partial charge in [-0.1, -0.05) is 24.3 Å². The summed E-state index contributed by atoms with van der Waals surface area (Å²) in [5, 5.41) is 8.66. The van der Waals surface area contributed by atoms with Crippen molar-refractivity contribution >= 4 is 23.0 Å². The fourth-order valence-electron chi connectivity index (χ4n) is 3.86. The summed E-state index contributed by atoms with van der Waals surface area (Å²) in [5.41, 5.74) is 2.52. The molecule has 4 rings (SSSR count). The van der Waals surface area contributed by atoms with Crippen LogP contribution in [0, 0.1) is 0 Å². The Kier molecular flexibility index (Phi) is 3.98. The minimum atomic E-state index is -0.00842. The number of amides is 1. The van der Waals surface area contributed by atoms with Gasteiger partial charge in [0.1, 0.15) is 0 Å². The molecule has 0 aliphatic carbocycles. The van der Waals surface area contributed by atoms with E-state index in [1.54, 1.807) is 6.92 Å². The lowest BCUT2D eigenvalue weighted by molar-refractivity contribution is 0.0934. The zero-order valence-corrected chi connectivity index (χ0v) is 14.4. The lowest BCUT2D eigenvalue weighted by Gasteiger charge is -2.20. The number of nitrogens with one attached hydrogen (secondary N) is 2. The van der Waals surface area contributed by atoms with Crippen molar-refractivity contribution in [1.82, 2.24) is 10.6 Å². The van der Waals surface area contributed by atoms with Gasteiger partial charge in [-0.25, -0.2) is 0 Å². The molecule has 24 heavy (non-hydrogen) atoms. The van der Waals surface area contributed by atoms with Crippen LogP contribution in [0.25, 0.3) is 11.1 Å². The van der Waals surface area contributed by atoms with Crippen LogP contribution in [-0.2, 0) is 0 Å². The number of hydrogen-bond donors (Lipinski definition) is 2. The van der Waals surface area contributed by atoms with Crippen molar-refractivity contribution in [3.8, 4) is 11.1 Å². The Morgan fingerprint density at radius 1 is 1.25 bits per heavy atom. The van der Waals surface area contributed by atoms with Crippen LogP contribution in [0.2, 0.25) is 0 Å². The van der Waals surface area contributed by atoms with Crippen molar-refractivity contribution in [2.45, 2.75) is 44.3 Å². The Balaban J connectivity index is 1.53. The molecule has 124 valence electrons. The number of benzene rings is 1. The first-order valence-corrected chi connectivity index (χ1v) is 9.25. The lowest BCUT2D eigenvalue weighted by atomic mass is 9.95. The molecule has 1 aromatic heterocycles. The summed E-state index contributed by atoms with van der Waals surface area (Å²) >= 11 is 1.43. The highest BCUT2D eigenvalue weighted by Gasteiger charge is 2.39. The first-order valence-electron chi connectivity index (χ1n) is 8.37. The average Bonchev–Trinajstić information content (AvgIpc) is 3.31. The van der Waals surface area contributed by atoms with Crippen molar-refractivity contribution < 1.29 is 9.59 Å². The zero-order chi connectivity index (χ0) is 16.7. The second-order valence-electron chi connectivity index (χ2n) is 6.66. The number of carbonyl (C=O) groups excluding carboxylic acids is 2. The quantitative estimate of drug-likeness (QED) is 0.840. The molecule has 2 saturated heterocycles. The first-order chi connectivity index (χ1) is 11.6. The molecule has 1 aromatic carbocycles. The predicted octanol–water partition coefficient (Wildman–Crippen LogP) is 3.24. The van der Waals surface area contributed by atoms with Crippen molar-refractivity contribution in [3.63, 3.8) is 0 Å². The third-order valence-corrected chi connectivity index (χ3v) is 5.99. The summed E-state index contributed by atoms with van der Waals surface area (Å²) in [4.78, 5) is 25.0. The lowest BCUT2D eigenvalue weighted by Crippen LogP contribution is -2.42. The smallest absolute Gasteiger partial charge is 0.261 e. The van der Waals surface area contributed by atoms with E-state index in [9.17, 15) is 9.59 Å². The molecule has 1 amide bonds. The maximum Gasteiger partial charge on any atom is 0.261 e. The summed E-state index contributed by atoms with van der Waals surface area (Å²) in [6.45, 7) is 1.57. The van der Waals surface area contributed by atoms with Gasteiger partial charge >= 0.3 is 0 Å². The number of hydrogen-bond acceptors (Lipinski definition) is 4. The molecule has 3 unspecified atom stereocenters. The summed E-state index contributed by atoms with van der Waals surface area (Å²) in [7, 11) is 0. The Labute approximate surface area is 145 Å². The zero-order valence-electron chi connectivity index (χ0n) is 13.5. The second-order valence-corrected chi connectivity index (χ2v) is 7.58. The van der Waals surface area contributed by atoms with Crippen LogP contribution >= 0.6 is 11.3 Å². The van der Waals surface area contributed by atoms with E-state index >= 15 is 0 Å². The molecule has 0 radical (unpaired) electrons. The van der Waals surface area contributed by atoms with E-state index < -0.39 is 0 Å². The highest BCUT2D eigenvalue weighted by atomic mass is 32.1. The normalized spacial score (nSPS) is 25.0. The van der Waals surface area contributed by atoms with Gasteiger partial charge in [0.05, 0.1) is 4.88 Å². The highest BCUT2D eigenvalue weighted by molar-refractivity contribution is 7.12. The average molecular weight is 340 g/mol. The van der Waals surface area contributed by atoms with Crippen LogP contribution < -0.4 is 10.6 Å². The van der Waals surface area contributed by atoms with Crippen LogP contribution in [0.5, 0.6) is 0 Å². The Bertz CT molecular complexity index is 798. The monoisotopic (exact) mass is 340 g/mol. The van der Waals surface area contributed by atoms with Gasteiger partial charge in [0.25, 0.3) is 5.91 Å². The van der Waals surface area contributed by atoms with Crippen LogP contribution in [0.15, 0.2) is 35.7 Å². The standard InChI is InChI=1S/C19H20N2O2S/c1-11(22)14-4-2-3-5-15(14)12-8-18(24-10-12)19(23)21-17-9-13-6-7-16(17)20-13/h2-5,8,10,13,16-17,20H,6-7,9H2,1H3,(H,21,23). The third-order valence-electron chi connectivity index (χ3n) is 5.06. The van der Waals surface area contributed by atoms with Crippen molar-refractivity contribution in [2.24, 2.45) is 0 Å². The Morgan fingerprint density at radius 3 is 2.79 bits per heavy atom. The van der Waals surface area contributed by atoms with E-state index in [2.05, 4.69) is 10.6 Å². The molecule has 2 aliphatic heterocycles. The molecule has 0 spiro atoms. The number of ketones is 1. The largest absolute Gasteiger partial charge is 0.347 e.